The molecule has 44 heavy (non-hydrogen) atoms. The molecule has 230 valence electrons. The molecule has 10 heteroatoms. The van der Waals surface area contributed by atoms with E-state index in [2.05, 4.69) is 14.8 Å². The number of hydrogen-bond acceptors (Lipinski definition) is 8. The molecule has 2 aliphatic heterocycles. The first-order valence-electron chi connectivity index (χ1n) is 14.8. The summed E-state index contributed by atoms with van der Waals surface area (Å²) in [5.41, 5.74) is 6.44. The van der Waals surface area contributed by atoms with Crippen LogP contribution in [0.1, 0.15) is 24.0 Å². The van der Waals surface area contributed by atoms with Gasteiger partial charge in [-0.1, -0.05) is 59.6 Å². The number of hydrogen-bond donors (Lipinski definition) is 2. The van der Waals surface area contributed by atoms with Gasteiger partial charge in [0, 0.05) is 78.8 Å². The molecule has 0 unspecified atom stereocenters. The van der Waals surface area contributed by atoms with E-state index in [1.165, 1.54) is 0 Å². The van der Waals surface area contributed by atoms with Gasteiger partial charge < -0.3 is 19.7 Å². The summed E-state index contributed by atoms with van der Waals surface area (Å²) in [6.07, 6.45) is 2.74. The van der Waals surface area contributed by atoms with Crippen LogP contribution in [0.3, 0.4) is 0 Å². The van der Waals surface area contributed by atoms with E-state index in [1.807, 2.05) is 54.6 Å². The van der Waals surface area contributed by atoms with E-state index < -0.39 is 0 Å². The van der Waals surface area contributed by atoms with Crippen molar-refractivity contribution in [2.24, 2.45) is 0 Å². The Bertz CT molecular complexity index is 1530. The Morgan fingerprint density at radius 3 is 2.11 bits per heavy atom. The second-order valence-electron chi connectivity index (χ2n) is 11.4. The molecule has 2 atom stereocenters. The predicted molar refractivity (Wildman–Crippen MR) is 173 cm³/mol. The smallest absolute Gasteiger partial charge is 0.218 e. The van der Waals surface area contributed by atoms with E-state index in [0.717, 1.165) is 65.1 Å². The lowest BCUT2D eigenvalue weighted by Gasteiger charge is -2.18. The van der Waals surface area contributed by atoms with Crippen molar-refractivity contribution in [3.63, 3.8) is 0 Å². The maximum atomic E-state index is 9.92. The number of rotatable bonds is 9. The van der Waals surface area contributed by atoms with Gasteiger partial charge in [0.25, 0.3) is 0 Å². The van der Waals surface area contributed by atoms with Gasteiger partial charge in [0.15, 0.2) is 0 Å². The van der Waals surface area contributed by atoms with Crippen LogP contribution >= 0.6 is 23.2 Å². The topological polar surface area (TPSA) is 91.2 Å². The molecule has 2 aromatic carbocycles. The zero-order chi connectivity index (χ0) is 30.8. The highest BCUT2D eigenvalue weighted by molar-refractivity contribution is 6.39. The molecule has 0 bridgehead atoms. The lowest BCUT2D eigenvalue weighted by Crippen LogP contribution is -2.22. The first-order chi connectivity index (χ1) is 21.3. The van der Waals surface area contributed by atoms with Crippen LogP contribution in [0.25, 0.3) is 33.6 Å². The second kappa shape index (κ2) is 13.4. The van der Waals surface area contributed by atoms with Crippen LogP contribution < -0.4 is 9.47 Å². The number of nitrogens with zero attached hydrogens (tertiary/aromatic N) is 4. The molecule has 0 saturated carbocycles. The fraction of sp³-hybridized carbons (Fsp3) is 0.353. The Morgan fingerprint density at radius 2 is 1.45 bits per heavy atom. The van der Waals surface area contributed by atoms with Gasteiger partial charge in [-0.25, -0.2) is 4.98 Å². The van der Waals surface area contributed by atoms with Crippen LogP contribution in [0.4, 0.5) is 0 Å². The number of aliphatic hydroxyl groups excluding tert-OH is 2. The minimum absolute atomic E-state index is 0.274. The number of β-amino-alcohol motifs (C(OH)–C–C–N with tert-alkyl or cyclic N) is 2. The lowest BCUT2D eigenvalue weighted by atomic mass is 9.99. The Balaban J connectivity index is 1.29. The quantitative estimate of drug-likeness (QED) is 0.234. The molecule has 2 aromatic heterocycles. The molecule has 2 saturated heterocycles. The van der Waals surface area contributed by atoms with Crippen molar-refractivity contribution in [3.05, 3.63) is 82.0 Å². The fourth-order valence-corrected chi connectivity index (χ4v) is 6.77. The average Bonchev–Trinajstić information content (AvgIpc) is 3.64. The maximum absolute atomic E-state index is 9.92. The molecule has 0 aliphatic carbocycles. The van der Waals surface area contributed by atoms with Crippen LogP contribution in [0.15, 0.2) is 60.8 Å². The zero-order valence-electron chi connectivity index (χ0n) is 24.8. The number of methoxy groups -OCH3 is 2. The van der Waals surface area contributed by atoms with Gasteiger partial charge in [0.05, 0.1) is 47.9 Å². The number of halogens is 2. The number of likely N-dealkylation sites (tertiary alicyclic amines) is 2. The molecule has 4 aromatic rings. The van der Waals surface area contributed by atoms with Crippen molar-refractivity contribution in [3.8, 4) is 45.3 Å². The SMILES string of the molecule is COc1cc(-c2nccc(-c3cccc(-c4ccc(CN5CC[C@@H](O)C5)c(OC)n4)c3Cl)c2Cl)ccc1CN1CC[C@H](O)C1. The molecular formula is C34H36Cl2N4O4. The van der Waals surface area contributed by atoms with Crippen molar-refractivity contribution in [2.45, 2.75) is 38.1 Å². The van der Waals surface area contributed by atoms with Gasteiger partial charge in [-0.05, 0) is 31.0 Å². The van der Waals surface area contributed by atoms with Gasteiger partial charge in [0.1, 0.15) is 5.75 Å². The highest BCUT2D eigenvalue weighted by atomic mass is 35.5. The number of benzene rings is 2. The van der Waals surface area contributed by atoms with E-state index in [0.29, 0.717) is 53.5 Å². The van der Waals surface area contributed by atoms with Gasteiger partial charge in [-0.3, -0.25) is 14.8 Å². The van der Waals surface area contributed by atoms with Crippen molar-refractivity contribution < 1.29 is 19.7 Å². The monoisotopic (exact) mass is 634 g/mol. The third-order valence-corrected chi connectivity index (χ3v) is 9.22. The van der Waals surface area contributed by atoms with Crippen molar-refractivity contribution in [1.29, 1.82) is 0 Å². The summed E-state index contributed by atoms with van der Waals surface area (Å²) in [6, 6.07) is 17.6. The third kappa shape index (κ3) is 6.42. The van der Waals surface area contributed by atoms with Crippen LogP contribution in [0.2, 0.25) is 10.0 Å². The fourth-order valence-electron chi connectivity index (χ4n) is 6.12. The van der Waals surface area contributed by atoms with E-state index in [4.69, 9.17) is 37.7 Å². The Kier molecular flexibility index (Phi) is 9.37. The van der Waals surface area contributed by atoms with Gasteiger partial charge in [-0.15, -0.1) is 0 Å². The third-order valence-electron chi connectivity index (χ3n) is 8.43. The van der Waals surface area contributed by atoms with Crippen LogP contribution in [-0.4, -0.2) is 82.6 Å². The number of aromatic nitrogens is 2. The summed E-state index contributed by atoms with van der Waals surface area (Å²) in [6.45, 7) is 4.37. The molecule has 2 fully saturated rings. The average molecular weight is 636 g/mol. The highest BCUT2D eigenvalue weighted by Crippen LogP contribution is 2.42. The number of ether oxygens (including phenoxy) is 2. The van der Waals surface area contributed by atoms with E-state index in [1.54, 1.807) is 20.4 Å². The first kappa shape index (κ1) is 30.8. The van der Waals surface area contributed by atoms with E-state index in [-0.39, 0.29) is 12.2 Å². The molecular weight excluding hydrogens is 599 g/mol. The predicted octanol–water partition coefficient (Wildman–Crippen LogP) is 5.93. The largest absolute Gasteiger partial charge is 0.496 e. The Morgan fingerprint density at radius 1 is 0.795 bits per heavy atom. The van der Waals surface area contributed by atoms with Gasteiger partial charge in [0.2, 0.25) is 5.88 Å². The summed E-state index contributed by atoms with van der Waals surface area (Å²) in [7, 11) is 3.27. The first-order valence-corrected chi connectivity index (χ1v) is 15.6. The standard InChI is InChI=1S/C34H36Cl2N4O4/c1-43-30-16-21(6-7-22(30)17-39-14-11-24(41)19-39)33-32(36)27(10-13-37-33)26-4-3-5-28(31(26)35)29-9-8-23(34(38-29)44-2)18-40-15-12-25(42)20-40/h3-10,13,16,24-25,41-42H,11-12,14-15,17-20H2,1-2H3/t24-,25+/m0/s1. The van der Waals surface area contributed by atoms with Crippen molar-refractivity contribution in [2.75, 3.05) is 40.4 Å². The molecule has 4 heterocycles. The van der Waals surface area contributed by atoms with Crippen LogP contribution in [-0.2, 0) is 13.1 Å². The normalized spacial score (nSPS) is 19.0. The molecule has 0 radical (unpaired) electrons. The molecule has 2 aliphatic rings. The minimum Gasteiger partial charge on any atom is -0.496 e. The van der Waals surface area contributed by atoms with Crippen LogP contribution in [0.5, 0.6) is 11.6 Å². The summed E-state index contributed by atoms with van der Waals surface area (Å²) in [5, 5.41) is 20.8. The minimum atomic E-state index is -0.285. The highest BCUT2D eigenvalue weighted by Gasteiger charge is 2.24. The lowest BCUT2D eigenvalue weighted by molar-refractivity contribution is 0.174. The van der Waals surface area contributed by atoms with E-state index >= 15 is 0 Å². The summed E-state index contributed by atoms with van der Waals surface area (Å²) in [5.74, 6) is 1.28. The maximum Gasteiger partial charge on any atom is 0.218 e. The zero-order valence-corrected chi connectivity index (χ0v) is 26.4. The molecule has 2 N–H and O–H groups in total. The van der Waals surface area contributed by atoms with Crippen molar-refractivity contribution >= 4 is 23.2 Å². The Hall–Kier alpha value is -3.24. The number of pyridine rings is 2. The summed E-state index contributed by atoms with van der Waals surface area (Å²) < 4.78 is 11.4. The van der Waals surface area contributed by atoms with E-state index in [9.17, 15) is 10.2 Å². The molecule has 0 spiro atoms. The van der Waals surface area contributed by atoms with Gasteiger partial charge >= 0.3 is 0 Å². The number of aliphatic hydroxyl groups is 2. The van der Waals surface area contributed by atoms with Crippen LogP contribution in [0, 0.1) is 0 Å². The molecule has 8 nitrogen and oxygen atoms in total. The summed E-state index contributed by atoms with van der Waals surface area (Å²) in [4.78, 5) is 13.8. The molecule has 0 amide bonds. The summed E-state index contributed by atoms with van der Waals surface area (Å²) >= 11 is 14.1. The van der Waals surface area contributed by atoms with Crippen molar-refractivity contribution in [1.82, 2.24) is 19.8 Å². The van der Waals surface area contributed by atoms with Gasteiger partial charge in [-0.2, -0.15) is 0 Å². The second-order valence-corrected chi connectivity index (χ2v) is 12.2. The Labute approximate surface area is 267 Å². The molecule has 6 rings (SSSR count).